The van der Waals surface area contributed by atoms with Gasteiger partial charge in [0.05, 0.1) is 5.75 Å². The third-order valence-electron chi connectivity index (χ3n) is 3.76. The van der Waals surface area contributed by atoms with Gasteiger partial charge in [0.2, 0.25) is 21.8 Å². The second-order valence-corrected chi connectivity index (χ2v) is 7.92. The SMILES string of the molecule is CC(=O)Nc1cccc(NC(=O)CCS(=O)(=O)N2CCCCC2)c1. The molecule has 1 aromatic rings. The molecule has 8 heteroatoms. The first kappa shape index (κ1) is 18.4. The van der Waals surface area contributed by atoms with Crippen molar-refractivity contribution in [3.63, 3.8) is 0 Å². The number of carbonyl (C=O) groups excluding carboxylic acids is 2. The zero-order valence-corrected chi connectivity index (χ0v) is 14.6. The number of carbonyl (C=O) groups is 2. The summed E-state index contributed by atoms with van der Waals surface area (Å²) in [5, 5.41) is 5.28. The van der Waals surface area contributed by atoms with Gasteiger partial charge in [-0.15, -0.1) is 0 Å². The molecule has 0 atom stereocenters. The van der Waals surface area contributed by atoms with E-state index >= 15 is 0 Å². The van der Waals surface area contributed by atoms with E-state index in [-0.39, 0.29) is 24.0 Å². The molecule has 1 saturated heterocycles. The average Bonchev–Trinajstić information content (AvgIpc) is 2.54. The third kappa shape index (κ3) is 5.61. The molecule has 0 saturated carbocycles. The van der Waals surface area contributed by atoms with Crippen LogP contribution in [0.2, 0.25) is 0 Å². The molecule has 1 aliphatic rings. The highest BCUT2D eigenvalue weighted by Crippen LogP contribution is 2.16. The van der Waals surface area contributed by atoms with E-state index in [1.54, 1.807) is 24.3 Å². The van der Waals surface area contributed by atoms with Crippen molar-refractivity contribution in [2.24, 2.45) is 0 Å². The quantitative estimate of drug-likeness (QED) is 0.815. The molecule has 132 valence electrons. The number of piperidine rings is 1. The summed E-state index contributed by atoms with van der Waals surface area (Å²) in [5.74, 6) is -0.758. The Morgan fingerprint density at radius 2 is 1.71 bits per heavy atom. The lowest BCUT2D eigenvalue weighted by atomic mass is 10.2. The Bertz CT molecular complexity index is 697. The summed E-state index contributed by atoms with van der Waals surface area (Å²) in [6.45, 7) is 2.49. The van der Waals surface area contributed by atoms with Gasteiger partial charge in [0.15, 0.2) is 0 Å². The Balaban J connectivity index is 1.88. The summed E-state index contributed by atoms with van der Waals surface area (Å²) >= 11 is 0. The van der Waals surface area contributed by atoms with E-state index in [1.807, 2.05) is 0 Å². The van der Waals surface area contributed by atoms with Crippen LogP contribution in [-0.2, 0) is 19.6 Å². The Kier molecular flexibility index (Phi) is 6.33. The van der Waals surface area contributed by atoms with E-state index in [0.29, 0.717) is 24.5 Å². The number of sulfonamides is 1. The van der Waals surface area contributed by atoms with Crippen LogP contribution >= 0.6 is 0 Å². The molecule has 2 N–H and O–H groups in total. The molecule has 0 aromatic heterocycles. The van der Waals surface area contributed by atoms with E-state index in [4.69, 9.17) is 0 Å². The third-order valence-corrected chi connectivity index (χ3v) is 5.63. The summed E-state index contributed by atoms with van der Waals surface area (Å²) in [6, 6.07) is 6.71. The number of rotatable bonds is 6. The molecule has 0 radical (unpaired) electrons. The molecule has 0 aliphatic carbocycles. The van der Waals surface area contributed by atoms with E-state index in [1.165, 1.54) is 11.2 Å². The Labute approximate surface area is 142 Å². The summed E-state index contributed by atoms with van der Waals surface area (Å²) in [7, 11) is -3.38. The van der Waals surface area contributed by atoms with Gasteiger partial charge in [-0.1, -0.05) is 12.5 Å². The van der Waals surface area contributed by atoms with Crippen LogP contribution in [0.15, 0.2) is 24.3 Å². The van der Waals surface area contributed by atoms with Crippen LogP contribution < -0.4 is 10.6 Å². The smallest absolute Gasteiger partial charge is 0.225 e. The highest BCUT2D eigenvalue weighted by molar-refractivity contribution is 7.89. The maximum absolute atomic E-state index is 12.2. The molecule has 0 bridgehead atoms. The van der Waals surface area contributed by atoms with E-state index in [9.17, 15) is 18.0 Å². The van der Waals surface area contributed by atoms with Crippen LogP contribution in [0.5, 0.6) is 0 Å². The molecule has 2 rings (SSSR count). The zero-order chi connectivity index (χ0) is 17.6. The largest absolute Gasteiger partial charge is 0.326 e. The van der Waals surface area contributed by atoms with Crippen molar-refractivity contribution in [2.75, 3.05) is 29.5 Å². The van der Waals surface area contributed by atoms with Crippen molar-refractivity contribution in [2.45, 2.75) is 32.6 Å². The summed E-state index contributed by atoms with van der Waals surface area (Å²) in [4.78, 5) is 23.0. The number of nitrogens with one attached hydrogen (secondary N) is 2. The van der Waals surface area contributed by atoms with Crippen molar-refractivity contribution in [3.8, 4) is 0 Å². The molecule has 0 unspecified atom stereocenters. The first-order chi connectivity index (χ1) is 11.4. The minimum atomic E-state index is -3.38. The van der Waals surface area contributed by atoms with Gasteiger partial charge >= 0.3 is 0 Å². The highest BCUT2D eigenvalue weighted by atomic mass is 32.2. The van der Waals surface area contributed by atoms with Gasteiger partial charge in [-0.05, 0) is 31.0 Å². The average molecular weight is 353 g/mol. The first-order valence-corrected chi connectivity index (χ1v) is 9.63. The summed E-state index contributed by atoms with van der Waals surface area (Å²) < 4.78 is 25.9. The summed E-state index contributed by atoms with van der Waals surface area (Å²) in [5.41, 5.74) is 1.09. The predicted octanol–water partition coefficient (Wildman–Crippen LogP) is 1.79. The molecule has 24 heavy (non-hydrogen) atoms. The lowest BCUT2D eigenvalue weighted by Crippen LogP contribution is -2.37. The van der Waals surface area contributed by atoms with Gasteiger partial charge in [0.25, 0.3) is 0 Å². The maximum Gasteiger partial charge on any atom is 0.225 e. The van der Waals surface area contributed by atoms with Crippen LogP contribution in [0, 0.1) is 0 Å². The van der Waals surface area contributed by atoms with Crippen LogP contribution in [-0.4, -0.2) is 43.4 Å². The first-order valence-electron chi connectivity index (χ1n) is 8.02. The van der Waals surface area contributed by atoms with Crippen molar-refractivity contribution in [1.82, 2.24) is 4.31 Å². The van der Waals surface area contributed by atoms with Crippen LogP contribution in [0.1, 0.15) is 32.6 Å². The Hall–Kier alpha value is -1.93. The Morgan fingerprint density at radius 3 is 2.33 bits per heavy atom. The zero-order valence-electron chi connectivity index (χ0n) is 13.7. The molecule has 1 aliphatic heterocycles. The number of nitrogens with zero attached hydrogens (tertiary/aromatic N) is 1. The minimum Gasteiger partial charge on any atom is -0.326 e. The minimum absolute atomic E-state index is 0.0940. The molecule has 1 aromatic carbocycles. The van der Waals surface area contributed by atoms with E-state index in [2.05, 4.69) is 10.6 Å². The second-order valence-electron chi connectivity index (χ2n) is 5.84. The number of benzene rings is 1. The predicted molar refractivity (Wildman–Crippen MR) is 93.2 cm³/mol. The maximum atomic E-state index is 12.2. The van der Waals surface area contributed by atoms with Crippen LogP contribution in [0.4, 0.5) is 11.4 Å². The van der Waals surface area contributed by atoms with Gasteiger partial charge in [-0.25, -0.2) is 12.7 Å². The fourth-order valence-electron chi connectivity index (χ4n) is 2.60. The number of hydrogen-bond acceptors (Lipinski definition) is 4. The van der Waals surface area contributed by atoms with Crippen LogP contribution in [0.3, 0.4) is 0 Å². The number of hydrogen-bond donors (Lipinski definition) is 2. The van der Waals surface area contributed by atoms with E-state index < -0.39 is 10.0 Å². The monoisotopic (exact) mass is 353 g/mol. The molecular formula is C16H23N3O4S. The van der Waals surface area contributed by atoms with Crippen molar-refractivity contribution >= 4 is 33.2 Å². The molecule has 1 fully saturated rings. The number of amides is 2. The molecule has 2 amide bonds. The second kappa shape index (κ2) is 8.25. The fourth-order valence-corrected chi connectivity index (χ4v) is 4.11. The van der Waals surface area contributed by atoms with Crippen LogP contribution in [0.25, 0.3) is 0 Å². The normalized spacial score (nSPS) is 15.7. The molecule has 0 spiro atoms. The lowest BCUT2D eigenvalue weighted by Gasteiger charge is -2.25. The number of anilines is 2. The molecular weight excluding hydrogens is 330 g/mol. The van der Waals surface area contributed by atoms with Crippen molar-refractivity contribution in [1.29, 1.82) is 0 Å². The van der Waals surface area contributed by atoms with Gasteiger partial charge < -0.3 is 10.6 Å². The molecule has 1 heterocycles. The van der Waals surface area contributed by atoms with Crippen molar-refractivity contribution < 1.29 is 18.0 Å². The van der Waals surface area contributed by atoms with E-state index in [0.717, 1.165) is 19.3 Å². The van der Waals surface area contributed by atoms with Gasteiger partial charge in [-0.2, -0.15) is 0 Å². The van der Waals surface area contributed by atoms with Gasteiger partial charge in [-0.3, -0.25) is 9.59 Å². The lowest BCUT2D eigenvalue weighted by molar-refractivity contribution is -0.116. The highest BCUT2D eigenvalue weighted by Gasteiger charge is 2.24. The van der Waals surface area contributed by atoms with Gasteiger partial charge in [0, 0.05) is 37.8 Å². The fraction of sp³-hybridized carbons (Fsp3) is 0.500. The Morgan fingerprint density at radius 1 is 1.08 bits per heavy atom. The van der Waals surface area contributed by atoms with Crippen molar-refractivity contribution in [3.05, 3.63) is 24.3 Å². The molecule has 7 nitrogen and oxygen atoms in total. The van der Waals surface area contributed by atoms with Gasteiger partial charge in [0.1, 0.15) is 0 Å². The topological polar surface area (TPSA) is 95.6 Å². The summed E-state index contributed by atoms with van der Waals surface area (Å²) in [6.07, 6.45) is 2.71. The standard InChI is InChI=1S/C16H23N3O4S/c1-13(20)17-14-6-5-7-15(12-14)18-16(21)8-11-24(22,23)19-9-3-2-4-10-19/h5-7,12H,2-4,8-11H2,1H3,(H,17,20)(H,18,21).